The van der Waals surface area contributed by atoms with Gasteiger partial charge in [0.15, 0.2) is 0 Å². The Balaban J connectivity index is 0.000000330. The molecule has 2 N–H and O–H groups in total. The Kier molecular flexibility index (Phi) is 10.3. The van der Waals surface area contributed by atoms with Crippen molar-refractivity contribution in [3.63, 3.8) is 0 Å². The molecule has 128 valence electrons. The third-order valence-corrected chi connectivity index (χ3v) is 3.85. The van der Waals surface area contributed by atoms with Crippen molar-refractivity contribution in [2.75, 3.05) is 0 Å². The fraction of sp³-hybridized carbons (Fsp3) is 0.300. The Morgan fingerprint density at radius 3 is 1.48 bits per heavy atom. The molecule has 0 unspecified atom stereocenters. The molecule has 0 heterocycles. The van der Waals surface area contributed by atoms with Crippen molar-refractivity contribution in [1.29, 1.82) is 0 Å². The Labute approximate surface area is 171 Å². The molecule has 0 aromatic heterocycles. The maximum atomic E-state index is 11.6. The molecule has 0 bridgehead atoms. The molecular weight excluding hydrogens is 325 g/mol. The van der Waals surface area contributed by atoms with Crippen LogP contribution in [0.3, 0.4) is 0 Å². The summed E-state index contributed by atoms with van der Waals surface area (Å²) in [6, 6.07) is 17.3. The van der Waals surface area contributed by atoms with E-state index in [2.05, 4.69) is 0 Å². The molecule has 1 aliphatic rings. The van der Waals surface area contributed by atoms with Crippen LogP contribution in [-0.4, -0.2) is 47.5 Å². The first-order valence-corrected chi connectivity index (χ1v) is 8.29. The third-order valence-electron chi connectivity index (χ3n) is 3.85. The fourth-order valence-corrected chi connectivity index (χ4v) is 2.48. The van der Waals surface area contributed by atoms with Gasteiger partial charge < -0.3 is 10.5 Å². The Hall–Kier alpha value is -1.46. The average molecular weight is 349 g/mol. The number of esters is 2. The molecule has 2 aromatic rings. The molecular formula is C20H24NNaO3. The zero-order valence-electron chi connectivity index (χ0n) is 13.7. The SMILES string of the molecule is NC1CCCCC1.O=C(OC(=O)c1ccccc1)c1ccccc1.[NaH]. The van der Waals surface area contributed by atoms with Gasteiger partial charge in [-0.2, -0.15) is 0 Å². The molecule has 25 heavy (non-hydrogen) atoms. The van der Waals surface area contributed by atoms with Crippen molar-refractivity contribution in [3.05, 3.63) is 71.8 Å². The van der Waals surface area contributed by atoms with Gasteiger partial charge in [0.05, 0.1) is 11.1 Å². The van der Waals surface area contributed by atoms with E-state index in [0.29, 0.717) is 17.2 Å². The van der Waals surface area contributed by atoms with Crippen molar-refractivity contribution in [2.24, 2.45) is 5.73 Å². The second-order valence-electron chi connectivity index (χ2n) is 5.81. The van der Waals surface area contributed by atoms with Crippen LogP contribution in [0.25, 0.3) is 0 Å². The Morgan fingerprint density at radius 2 is 1.16 bits per heavy atom. The second kappa shape index (κ2) is 12.0. The molecule has 0 atom stereocenters. The molecule has 2 aromatic carbocycles. The van der Waals surface area contributed by atoms with Gasteiger partial charge in [-0.25, -0.2) is 9.59 Å². The van der Waals surface area contributed by atoms with Gasteiger partial charge in [-0.1, -0.05) is 55.7 Å². The molecule has 1 aliphatic carbocycles. The minimum absolute atomic E-state index is 0. The number of hydrogen-bond donors (Lipinski definition) is 1. The number of nitrogens with two attached hydrogens (primary N) is 1. The standard InChI is InChI=1S/C14H10O3.C6H13N.Na.H/c15-13(11-7-3-1-4-8-11)17-14(16)12-9-5-2-6-10-12;7-6-4-2-1-3-5-6;;/h1-10H;6H,1-5,7H2;;. The van der Waals surface area contributed by atoms with Crippen LogP contribution in [0.15, 0.2) is 60.7 Å². The van der Waals surface area contributed by atoms with Crippen molar-refractivity contribution >= 4 is 41.5 Å². The number of rotatable bonds is 2. The molecule has 0 spiro atoms. The van der Waals surface area contributed by atoms with Crippen LogP contribution in [0.5, 0.6) is 0 Å². The molecule has 0 aliphatic heterocycles. The minimum atomic E-state index is -0.639. The predicted octanol–water partition coefficient (Wildman–Crippen LogP) is 3.31. The summed E-state index contributed by atoms with van der Waals surface area (Å²) < 4.78 is 4.74. The van der Waals surface area contributed by atoms with E-state index in [0.717, 1.165) is 0 Å². The predicted molar refractivity (Wildman–Crippen MR) is 101 cm³/mol. The van der Waals surface area contributed by atoms with E-state index in [1.807, 2.05) is 0 Å². The zero-order chi connectivity index (χ0) is 17.2. The summed E-state index contributed by atoms with van der Waals surface area (Å²) in [5, 5.41) is 0. The fourth-order valence-electron chi connectivity index (χ4n) is 2.48. The van der Waals surface area contributed by atoms with Gasteiger partial charge in [-0.3, -0.25) is 0 Å². The summed E-state index contributed by atoms with van der Waals surface area (Å²) >= 11 is 0. The first kappa shape index (κ1) is 21.6. The first-order valence-electron chi connectivity index (χ1n) is 8.29. The molecule has 1 saturated carbocycles. The maximum absolute atomic E-state index is 11.6. The van der Waals surface area contributed by atoms with E-state index in [1.165, 1.54) is 32.1 Å². The number of carbonyl (C=O) groups is 2. The van der Waals surface area contributed by atoms with E-state index in [1.54, 1.807) is 60.7 Å². The summed E-state index contributed by atoms with van der Waals surface area (Å²) in [6.07, 6.45) is 6.66. The number of benzene rings is 2. The molecule has 5 heteroatoms. The third kappa shape index (κ3) is 7.97. The number of hydrogen-bond acceptors (Lipinski definition) is 4. The van der Waals surface area contributed by atoms with Crippen molar-refractivity contribution in [2.45, 2.75) is 38.1 Å². The molecule has 0 saturated heterocycles. The quantitative estimate of drug-likeness (QED) is 0.513. The van der Waals surface area contributed by atoms with Gasteiger partial charge >= 0.3 is 41.5 Å². The van der Waals surface area contributed by atoms with Crippen LogP contribution >= 0.6 is 0 Å². The summed E-state index contributed by atoms with van der Waals surface area (Å²) in [4.78, 5) is 23.2. The van der Waals surface area contributed by atoms with Crippen LogP contribution in [-0.2, 0) is 4.74 Å². The molecule has 0 radical (unpaired) electrons. The molecule has 0 amide bonds. The van der Waals surface area contributed by atoms with Crippen molar-refractivity contribution < 1.29 is 14.3 Å². The van der Waals surface area contributed by atoms with Crippen LogP contribution in [0.2, 0.25) is 0 Å². The van der Waals surface area contributed by atoms with Crippen LogP contribution in [0.4, 0.5) is 0 Å². The summed E-state index contributed by atoms with van der Waals surface area (Å²) in [7, 11) is 0. The second-order valence-corrected chi connectivity index (χ2v) is 5.81. The monoisotopic (exact) mass is 349 g/mol. The van der Waals surface area contributed by atoms with Crippen LogP contribution < -0.4 is 5.73 Å². The van der Waals surface area contributed by atoms with E-state index in [4.69, 9.17) is 10.5 Å². The van der Waals surface area contributed by atoms with Gasteiger partial charge in [0.2, 0.25) is 0 Å². The summed E-state index contributed by atoms with van der Waals surface area (Å²) in [5.41, 5.74) is 6.35. The Bertz CT molecular complexity index is 591. The van der Waals surface area contributed by atoms with Crippen molar-refractivity contribution in [3.8, 4) is 0 Å². The van der Waals surface area contributed by atoms with Crippen molar-refractivity contribution in [1.82, 2.24) is 0 Å². The number of ether oxygens (including phenoxy) is 1. The van der Waals surface area contributed by atoms with Gasteiger partial charge in [0.25, 0.3) is 0 Å². The number of carbonyl (C=O) groups excluding carboxylic acids is 2. The van der Waals surface area contributed by atoms with E-state index >= 15 is 0 Å². The summed E-state index contributed by atoms with van der Waals surface area (Å²) in [6.45, 7) is 0. The van der Waals surface area contributed by atoms with E-state index in [9.17, 15) is 9.59 Å². The topological polar surface area (TPSA) is 69.4 Å². The normalized spacial score (nSPS) is 13.6. The van der Waals surface area contributed by atoms with Gasteiger partial charge in [-0.05, 0) is 37.1 Å². The van der Waals surface area contributed by atoms with Crippen LogP contribution in [0, 0.1) is 0 Å². The van der Waals surface area contributed by atoms with Gasteiger partial charge in [0, 0.05) is 6.04 Å². The zero-order valence-corrected chi connectivity index (χ0v) is 13.7. The first-order chi connectivity index (χ1) is 11.7. The van der Waals surface area contributed by atoms with Crippen LogP contribution in [0.1, 0.15) is 52.8 Å². The summed E-state index contributed by atoms with van der Waals surface area (Å²) in [5.74, 6) is -1.28. The molecule has 3 rings (SSSR count). The van der Waals surface area contributed by atoms with E-state index < -0.39 is 11.9 Å². The molecule has 1 fully saturated rings. The molecule has 4 nitrogen and oxygen atoms in total. The average Bonchev–Trinajstić information content (AvgIpc) is 2.64. The Morgan fingerprint density at radius 1 is 0.760 bits per heavy atom. The van der Waals surface area contributed by atoms with Gasteiger partial charge in [0.1, 0.15) is 0 Å². The van der Waals surface area contributed by atoms with E-state index in [-0.39, 0.29) is 29.6 Å². The van der Waals surface area contributed by atoms with Gasteiger partial charge in [-0.15, -0.1) is 0 Å².